The standard InChI is InChI=1S/C26H35BrO5/c1-15-11-21-20-12-17(14-32-22(31)6-10-28)23(16(2)29)24(20,3)8-9-26(21,27)25(4)7-5-18(30)13-19(15)25/h5,7,13,15,17,20-21,23,28H,6,8-12,14H2,1-4H3/t15-,17+,20-,21-,23-,24-,25-,26+/m0/s1. The third-order valence-corrected chi connectivity index (χ3v) is 11.2. The lowest BCUT2D eigenvalue weighted by atomic mass is 9.46. The summed E-state index contributed by atoms with van der Waals surface area (Å²) in [7, 11) is 0. The van der Waals surface area contributed by atoms with Gasteiger partial charge in [0.15, 0.2) is 5.78 Å². The molecule has 6 heteroatoms. The number of alkyl halides is 1. The van der Waals surface area contributed by atoms with Gasteiger partial charge in [-0.25, -0.2) is 0 Å². The van der Waals surface area contributed by atoms with Crippen LogP contribution in [0.4, 0.5) is 0 Å². The molecular weight excluding hydrogens is 472 g/mol. The van der Waals surface area contributed by atoms with E-state index in [1.54, 1.807) is 13.0 Å². The minimum Gasteiger partial charge on any atom is -0.465 e. The molecule has 0 heterocycles. The predicted molar refractivity (Wildman–Crippen MR) is 125 cm³/mol. The highest BCUT2D eigenvalue weighted by atomic mass is 79.9. The molecule has 5 nitrogen and oxygen atoms in total. The van der Waals surface area contributed by atoms with Crippen LogP contribution < -0.4 is 0 Å². The summed E-state index contributed by atoms with van der Waals surface area (Å²) in [6, 6.07) is 0. The number of fused-ring (bicyclic) bond motifs is 5. The van der Waals surface area contributed by atoms with Crippen molar-refractivity contribution in [1.82, 2.24) is 0 Å². The summed E-state index contributed by atoms with van der Waals surface area (Å²) in [5, 5.41) is 9.01. The summed E-state index contributed by atoms with van der Waals surface area (Å²) in [4.78, 5) is 36.9. The summed E-state index contributed by atoms with van der Waals surface area (Å²) < 4.78 is 5.31. The van der Waals surface area contributed by atoms with E-state index in [2.05, 4.69) is 42.8 Å². The molecule has 4 aliphatic rings. The first-order valence-electron chi connectivity index (χ1n) is 11.9. The highest BCUT2D eigenvalue weighted by Crippen LogP contribution is 2.71. The summed E-state index contributed by atoms with van der Waals surface area (Å²) in [5.74, 6) is 0.702. The molecule has 1 N–H and O–H groups in total. The molecule has 0 saturated heterocycles. The van der Waals surface area contributed by atoms with Crippen molar-refractivity contribution in [3.05, 3.63) is 23.8 Å². The average Bonchev–Trinajstić information content (AvgIpc) is 3.02. The Morgan fingerprint density at radius 3 is 2.59 bits per heavy atom. The van der Waals surface area contributed by atoms with E-state index in [9.17, 15) is 14.4 Å². The first-order valence-corrected chi connectivity index (χ1v) is 12.7. The second-order valence-electron chi connectivity index (χ2n) is 11.0. The van der Waals surface area contributed by atoms with Crippen LogP contribution in [0.25, 0.3) is 0 Å². The summed E-state index contributed by atoms with van der Waals surface area (Å²) >= 11 is 4.24. The molecule has 0 unspecified atom stereocenters. The van der Waals surface area contributed by atoms with E-state index in [4.69, 9.17) is 9.84 Å². The van der Waals surface area contributed by atoms with Gasteiger partial charge < -0.3 is 9.84 Å². The summed E-state index contributed by atoms with van der Waals surface area (Å²) in [5.41, 5.74) is 0.854. The number of halogens is 1. The molecule has 176 valence electrons. The molecule has 3 saturated carbocycles. The van der Waals surface area contributed by atoms with Gasteiger partial charge in [0.05, 0.1) is 19.6 Å². The van der Waals surface area contributed by atoms with Crippen LogP contribution >= 0.6 is 15.9 Å². The quantitative estimate of drug-likeness (QED) is 0.441. The number of rotatable bonds is 5. The molecule has 4 rings (SSSR count). The molecule has 32 heavy (non-hydrogen) atoms. The number of hydrogen-bond donors (Lipinski definition) is 1. The number of aliphatic hydroxyl groups is 1. The van der Waals surface area contributed by atoms with Gasteiger partial charge in [-0.1, -0.05) is 48.4 Å². The van der Waals surface area contributed by atoms with Crippen LogP contribution in [0, 0.1) is 40.4 Å². The molecule has 0 radical (unpaired) electrons. The van der Waals surface area contributed by atoms with Crippen LogP contribution in [0.2, 0.25) is 0 Å². The third kappa shape index (κ3) is 3.39. The number of carbonyl (C=O) groups is 3. The van der Waals surface area contributed by atoms with Crippen LogP contribution in [0.3, 0.4) is 0 Å². The SMILES string of the molecule is CC(=O)[C@H]1[C@@H](COC(=O)CCO)C[C@H]2[C@@H]3C[C@H](C)C4=CC(=O)C=C[C@]4(C)[C@@]3(Br)CC[C@@]21C. The second kappa shape index (κ2) is 8.19. The number of Topliss-reactive ketones (excluding diaryl/α,β-unsaturated/α-hetero) is 1. The summed E-state index contributed by atoms with van der Waals surface area (Å²) in [6.07, 6.45) is 9.34. The van der Waals surface area contributed by atoms with Gasteiger partial charge >= 0.3 is 5.97 Å². The zero-order valence-electron chi connectivity index (χ0n) is 19.5. The first-order chi connectivity index (χ1) is 15.0. The number of carbonyl (C=O) groups excluding carboxylic acids is 3. The van der Waals surface area contributed by atoms with Crippen LogP contribution in [0.1, 0.15) is 59.8 Å². The van der Waals surface area contributed by atoms with E-state index in [-0.39, 0.29) is 58.2 Å². The van der Waals surface area contributed by atoms with Crippen molar-refractivity contribution in [2.45, 2.75) is 64.1 Å². The Hall–Kier alpha value is -1.27. The fourth-order valence-corrected chi connectivity index (χ4v) is 9.04. The molecule has 0 spiro atoms. The van der Waals surface area contributed by atoms with E-state index >= 15 is 0 Å². The number of aliphatic hydroxyl groups excluding tert-OH is 1. The molecule has 0 aliphatic heterocycles. The minimum absolute atomic E-state index is 0.00326. The third-order valence-electron chi connectivity index (χ3n) is 9.38. The Bertz CT molecular complexity index is 893. The monoisotopic (exact) mass is 506 g/mol. The molecule has 8 atom stereocenters. The Morgan fingerprint density at radius 2 is 1.94 bits per heavy atom. The smallest absolute Gasteiger partial charge is 0.308 e. The minimum atomic E-state index is -0.407. The van der Waals surface area contributed by atoms with Crippen LogP contribution in [-0.2, 0) is 19.1 Å². The second-order valence-corrected chi connectivity index (χ2v) is 12.4. The summed E-state index contributed by atoms with van der Waals surface area (Å²) in [6.45, 7) is 8.44. The molecule has 0 amide bonds. The Labute approximate surface area is 199 Å². The van der Waals surface area contributed by atoms with E-state index in [0.717, 1.165) is 25.7 Å². The molecule has 4 aliphatic carbocycles. The van der Waals surface area contributed by atoms with Gasteiger partial charge in [-0.3, -0.25) is 14.4 Å². The van der Waals surface area contributed by atoms with Gasteiger partial charge in [0.2, 0.25) is 0 Å². The largest absolute Gasteiger partial charge is 0.465 e. The van der Waals surface area contributed by atoms with Crippen molar-refractivity contribution in [3.8, 4) is 0 Å². The van der Waals surface area contributed by atoms with E-state index in [1.165, 1.54) is 5.57 Å². The Balaban J connectivity index is 1.68. The van der Waals surface area contributed by atoms with Crippen molar-refractivity contribution in [1.29, 1.82) is 0 Å². The van der Waals surface area contributed by atoms with Crippen LogP contribution in [0.15, 0.2) is 23.8 Å². The molecule has 0 aromatic heterocycles. The van der Waals surface area contributed by atoms with Gasteiger partial charge in [0, 0.05) is 21.6 Å². The van der Waals surface area contributed by atoms with Gasteiger partial charge in [0.1, 0.15) is 5.78 Å². The number of ether oxygens (including phenoxy) is 1. The molecule has 0 bridgehead atoms. The van der Waals surface area contributed by atoms with Gasteiger partial charge in [-0.2, -0.15) is 0 Å². The molecule has 0 aromatic rings. The van der Waals surface area contributed by atoms with Crippen LogP contribution in [0.5, 0.6) is 0 Å². The van der Waals surface area contributed by atoms with E-state index < -0.39 is 5.97 Å². The topological polar surface area (TPSA) is 80.7 Å². The molecule has 3 fully saturated rings. The predicted octanol–water partition coefficient (Wildman–Crippen LogP) is 4.41. The van der Waals surface area contributed by atoms with Crippen molar-refractivity contribution in [3.63, 3.8) is 0 Å². The molecular formula is C26H35BrO5. The van der Waals surface area contributed by atoms with E-state index in [0.29, 0.717) is 17.8 Å². The van der Waals surface area contributed by atoms with E-state index in [1.807, 2.05) is 6.08 Å². The number of ketones is 2. The highest BCUT2D eigenvalue weighted by molar-refractivity contribution is 9.10. The zero-order valence-corrected chi connectivity index (χ0v) is 21.1. The maximum absolute atomic E-state index is 12.9. The first kappa shape index (κ1) is 23.9. The van der Waals surface area contributed by atoms with Crippen molar-refractivity contribution < 1.29 is 24.2 Å². The maximum atomic E-state index is 12.9. The van der Waals surface area contributed by atoms with Crippen molar-refractivity contribution in [2.75, 3.05) is 13.2 Å². The lowest BCUT2D eigenvalue weighted by Gasteiger charge is -2.63. The maximum Gasteiger partial charge on any atom is 0.308 e. The molecule has 0 aromatic carbocycles. The lowest BCUT2D eigenvalue weighted by Crippen LogP contribution is -2.60. The number of esters is 1. The lowest BCUT2D eigenvalue weighted by molar-refractivity contribution is -0.147. The van der Waals surface area contributed by atoms with Gasteiger partial charge in [0.25, 0.3) is 0 Å². The normalized spacial score (nSPS) is 44.9. The van der Waals surface area contributed by atoms with Crippen molar-refractivity contribution in [2.24, 2.45) is 40.4 Å². The fourth-order valence-electron chi connectivity index (χ4n) is 7.98. The zero-order chi connectivity index (χ0) is 23.5. The fraction of sp³-hybridized carbons (Fsp3) is 0.731. The Kier molecular flexibility index (Phi) is 6.11. The highest BCUT2D eigenvalue weighted by Gasteiger charge is 2.67. The van der Waals surface area contributed by atoms with Crippen molar-refractivity contribution >= 4 is 33.5 Å². The average molecular weight is 507 g/mol. The number of hydrogen-bond acceptors (Lipinski definition) is 5. The Morgan fingerprint density at radius 1 is 1.22 bits per heavy atom. The van der Waals surface area contributed by atoms with Gasteiger partial charge in [-0.05, 0) is 67.9 Å². The van der Waals surface area contributed by atoms with Gasteiger partial charge in [-0.15, -0.1) is 0 Å². The van der Waals surface area contributed by atoms with Crippen LogP contribution in [-0.4, -0.2) is 40.2 Å². The number of allylic oxidation sites excluding steroid dienone is 4.